The third-order valence-corrected chi connectivity index (χ3v) is 4.17. The molecule has 0 saturated carbocycles. The fourth-order valence-corrected chi connectivity index (χ4v) is 2.89. The van der Waals surface area contributed by atoms with Crippen molar-refractivity contribution >= 4 is 22.6 Å². The van der Waals surface area contributed by atoms with Crippen molar-refractivity contribution < 1.29 is 9.53 Å². The van der Waals surface area contributed by atoms with E-state index in [9.17, 15) is 4.79 Å². The average Bonchev–Trinajstić information content (AvgIpc) is 3.25. The number of hydrogen-bond donors (Lipinski definition) is 1. The van der Waals surface area contributed by atoms with Crippen LogP contribution in [0.15, 0.2) is 36.8 Å². The molecule has 1 saturated heterocycles. The van der Waals surface area contributed by atoms with Gasteiger partial charge in [0.1, 0.15) is 6.10 Å². The molecule has 122 valence electrons. The minimum atomic E-state index is -0.386. The molecular formula is C17H17N5O2. The monoisotopic (exact) mass is 323 g/mol. The second-order valence-corrected chi connectivity index (χ2v) is 5.88. The number of aromatic nitrogens is 4. The molecule has 3 heterocycles. The molecule has 1 atom stereocenters. The fourth-order valence-electron chi connectivity index (χ4n) is 2.89. The summed E-state index contributed by atoms with van der Waals surface area (Å²) in [6.45, 7) is 0.634. The Morgan fingerprint density at radius 3 is 3.00 bits per heavy atom. The van der Waals surface area contributed by atoms with Crippen LogP contribution in [0.2, 0.25) is 0 Å². The van der Waals surface area contributed by atoms with Crippen LogP contribution in [0.5, 0.6) is 0 Å². The van der Waals surface area contributed by atoms with E-state index in [1.54, 1.807) is 6.33 Å². The molecule has 0 aliphatic carbocycles. The standard InChI is InChI=1S/C17H17N5O2/c1-22-10-18-9-14(22)11-4-5-13-12(7-11)8-16(21-20-13)19-17(23)15-3-2-6-24-15/h4-5,7-10,15H,2-3,6H2,1H3,(H,19,21,23)/t15-/m1/s1. The lowest BCUT2D eigenvalue weighted by molar-refractivity contribution is -0.124. The highest BCUT2D eigenvalue weighted by Gasteiger charge is 2.23. The second kappa shape index (κ2) is 6.01. The third-order valence-electron chi connectivity index (χ3n) is 4.17. The zero-order valence-corrected chi connectivity index (χ0v) is 13.3. The Kier molecular flexibility index (Phi) is 3.70. The normalized spacial score (nSPS) is 17.3. The number of nitrogens with zero attached hydrogens (tertiary/aromatic N) is 4. The highest BCUT2D eigenvalue weighted by atomic mass is 16.5. The molecule has 0 unspecified atom stereocenters. The maximum Gasteiger partial charge on any atom is 0.254 e. The van der Waals surface area contributed by atoms with Crippen molar-refractivity contribution in [2.75, 3.05) is 11.9 Å². The maximum atomic E-state index is 12.1. The molecule has 7 nitrogen and oxygen atoms in total. The van der Waals surface area contributed by atoms with Crippen molar-refractivity contribution in [3.05, 3.63) is 36.8 Å². The van der Waals surface area contributed by atoms with E-state index in [1.165, 1.54) is 0 Å². The highest BCUT2D eigenvalue weighted by molar-refractivity contribution is 5.95. The van der Waals surface area contributed by atoms with E-state index < -0.39 is 0 Å². The van der Waals surface area contributed by atoms with E-state index in [0.29, 0.717) is 12.4 Å². The number of carbonyl (C=O) groups is 1. The lowest BCUT2D eigenvalue weighted by Gasteiger charge is -2.10. The van der Waals surface area contributed by atoms with Crippen molar-refractivity contribution in [3.63, 3.8) is 0 Å². The van der Waals surface area contributed by atoms with Gasteiger partial charge in [-0.2, -0.15) is 0 Å². The SMILES string of the molecule is Cn1cncc1-c1ccc2nnc(NC(=O)[C@H]3CCCO3)cc2c1. The molecule has 2 aromatic heterocycles. The van der Waals surface area contributed by atoms with Gasteiger partial charge in [-0.25, -0.2) is 4.98 Å². The predicted molar refractivity (Wildman–Crippen MR) is 89.3 cm³/mol. The second-order valence-electron chi connectivity index (χ2n) is 5.88. The molecule has 0 radical (unpaired) electrons. The molecule has 1 aliphatic rings. The number of benzene rings is 1. The van der Waals surface area contributed by atoms with E-state index in [2.05, 4.69) is 20.5 Å². The molecule has 4 rings (SSSR count). The molecule has 24 heavy (non-hydrogen) atoms. The molecular weight excluding hydrogens is 306 g/mol. The number of rotatable bonds is 3. The summed E-state index contributed by atoms with van der Waals surface area (Å²) in [6.07, 6.45) is 4.85. The Morgan fingerprint density at radius 2 is 2.25 bits per heavy atom. The van der Waals surface area contributed by atoms with Crippen molar-refractivity contribution in [2.24, 2.45) is 7.05 Å². The topological polar surface area (TPSA) is 81.9 Å². The van der Waals surface area contributed by atoms with Gasteiger partial charge in [0.25, 0.3) is 5.91 Å². The van der Waals surface area contributed by atoms with E-state index in [4.69, 9.17) is 4.74 Å². The van der Waals surface area contributed by atoms with Crippen LogP contribution in [0.1, 0.15) is 12.8 Å². The van der Waals surface area contributed by atoms with Crippen LogP contribution in [0.25, 0.3) is 22.2 Å². The first-order valence-electron chi connectivity index (χ1n) is 7.87. The van der Waals surface area contributed by atoms with E-state index >= 15 is 0 Å². The number of ether oxygens (including phenoxy) is 1. The van der Waals surface area contributed by atoms with Gasteiger partial charge in [-0.3, -0.25) is 4.79 Å². The quantitative estimate of drug-likeness (QED) is 0.798. The minimum Gasteiger partial charge on any atom is -0.368 e. The Morgan fingerprint density at radius 1 is 1.33 bits per heavy atom. The predicted octanol–water partition coefficient (Wildman–Crippen LogP) is 2.15. The average molecular weight is 323 g/mol. The van der Waals surface area contributed by atoms with Gasteiger partial charge in [0, 0.05) is 24.6 Å². The zero-order valence-electron chi connectivity index (χ0n) is 13.3. The van der Waals surface area contributed by atoms with Gasteiger partial charge in [0.15, 0.2) is 5.82 Å². The Balaban J connectivity index is 1.64. The Bertz CT molecular complexity index is 899. The lowest BCUT2D eigenvalue weighted by Crippen LogP contribution is -2.27. The molecule has 0 bridgehead atoms. The van der Waals surface area contributed by atoms with Crippen LogP contribution in [0, 0.1) is 0 Å². The number of carbonyl (C=O) groups excluding carboxylic acids is 1. The van der Waals surface area contributed by atoms with Gasteiger partial charge in [-0.1, -0.05) is 6.07 Å². The van der Waals surface area contributed by atoms with Gasteiger partial charge < -0.3 is 14.6 Å². The number of aryl methyl sites for hydroxylation is 1. The summed E-state index contributed by atoms with van der Waals surface area (Å²) in [5.74, 6) is 0.272. The van der Waals surface area contributed by atoms with Crippen LogP contribution in [-0.4, -0.2) is 38.4 Å². The smallest absolute Gasteiger partial charge is 0.254 e. The third kappa shape index (κ3) is 2.74. The molecule has 7 heteroatoms. The van der Waals surface area contributed by atoms with Crippen LogP contribution in [-0.2, 0) is 16.6 Å². The van der Waals surface area contributed by atoms with Crippen molar-refractivity contribution in [1.82, 2.24) is 19.7 Å². The summed E-state index contributed by atoms with van der Waals surface area (Å²) >= 11 is 0. The summed E-state index contributed by atoms with van der Waals surface area (Å²) in [7, 11) is 1.95. The van der Waals surface area contributed by atoms with Gasteiger partial charge in [-0.15, -0.1) is 10.2 Å². The maximum absolute atomic E-state index is 12.1. The molecule has 1 aromatic carbocycles. The van der Waals surface area contributed by atoms with E-state index in [-0.39, 0.29) is 12.0 Å². The first-order valence-corrected chi connectivity index (χ1v) is 7.87. The first kappa shape index (κ1) is 14.8. The first-order chi connectivity index (χ1) is 11.7. The molecule has 0 spiro atoms. The van der Waals surface area contributed by atoms with Gasteiger partial charge in [0.2, 0.25) is 0 Å². The van der Waals surface area contributed by atoms with E-state index in [1.807, 2.05) is 42.1 Å². The lowest BCUT2D eigenvalue weighted by atomic mass is 10.1. The molecule has 1 amide bonds. The van der Waals surface area contributed by atoms with Gasteiger partial charge in [0.05, 0.1) is 23.7 Å². The molecule has 3 aromatic rings. The van der Waals surface area contributed by atoms with Crippen LogP contribution < -0.4 is 5.32 Å². The largest absolute Gasteiger partial charge is 0.368 e. The van der Waals surface area contributed by atoms with Crippen LogP contribution >= 0.6 is 0 Å². The Hall–Kier alpha value is -2.80. The van der Waals surface area contributed by atoms with Crippen LogP contribution in [0.3, 0.4) is 0 Å². The van der Waals surface area contributed by atoms with Crippen molar-refractivity contribution in [2.45, 2.75) is 18.9 Å². The highest BCUT2D eigenvalue weighted by Crippen LogP contribution is 2.24. The van der Waals surface area contributed by atoms with Gasteiger partial charge >= 0.3 is 0 Å². The minimum absolute atomic E-state index is 0.163. The number of fused-ring (bicyclic) bond motifs is 1. The number of anilines is 1. The van der Waals surface area contributed by atoms with E-state index in [0.717, 1.165) is 35.0 Å². The number of amides is 1. The summed E-state index contributed by atoms with van der Waals surface area (Å²) in [4.78, 5) is 16.3. The summed E-state index contributed by atoms with van der Waals surface area (Å²) in [5, 5.41) is 11.9. The van der Waals surface area contributed by atoms with Crippen LogP contribution in [0.4, 0.5) is 5.82 Å². The molecule has 1 N–H and O–H groups in total. The summed E-state index contributed by atoms with van der Waals surface area (Å²) < 4.78 is 7.34. The fraction of sp³-hybridized carbons (Fsp3) is 0.294. The Labute approximate surface area is 138 Å². The molecule has 1 aliphatic heterocycles. The number of imidazole rings is 1. The zero-order chi connectivity index (χ0) is 16.5. The van der Waals surface area contributed by atoms with Gasteiger partial charge in [-0.05, 0) is 31.0 Å². The van der Waals surface area contributed by atoms with Crippen molar-refractivity contribution in [3.8, 4) is 11.3 Å². The van der Waals surface area contributed by atoms with Crippen molar-refractivity contribution in [1.29, 1.82) is 0 Å². The number of hydrogen-bond acceptors (Lipinski definition) is 5. The summed E-state index contributed by atoms with van der Waals surface area (Å²) in [6, 6.07) is 7.74. The number of nitrogens with one attached hydrogen (secondary N) is 1. The molecule has 1 fully saturated rings. The summed E-state index contributed by atoms with van der Waals surface area (Å²) in [5.41, 5.74) is 2.82.